The molecule has 0 aliphatic rings. The standard InChI is InChI=1S/C5H13N2PS3.C3H9N/c1-6-5(9)4-7(2)8(3,10)11;1-3(2)4/h4H2,1-3H3,(H,6,9)(H,10,11);3H,4H2,1-2H3. The van der Waals surface area contributed by atoms with Gasteiger partial charge >= 0.3 is 0 Å². The zero-order valence-corrected chi connectivity index (χ0v) is 13.5. The fourth-order valence-electron chi connectivity index (χ4n) is 0.415. The molecule has 92 valence electrons. The van der Waals surface area contributed by atoms with Gasteiger partial charge in [-0.3, -0.25) is 4.67 Å². The van der Waals surface area contributed by atoms with Crippen molar-refractivity contribution < 1.29 is 5.73 Å². The predicted octanol–water partition coefficient (Wildman–Crippen LogP) is 0.588. The average molecular weight is 287 g/mol. The van der Waals surface area contributed by atoms with Crippen molar-refractivity contribution >= 4 is 46.7 Å². The first-order chi connectivity index (χ1) is 6.61. The molecule has 0 aromatic rings. The van der Waals surface area contributed by atoms with Crippen LogP contribution in [0.5, 0.6) is 0 Å². The van der Waals surface area contributed by atoms with Crippen molar-refractivity contribution in [3.8, 4) is 0 Å². The highest BCUT2D eigenvalue weighted by Crippen LogP contribution is 2.41. The summed E-state index contributed by atoms with van der Waals surface area (Å²) in [6.45, 7) is 6.69. The van der Waals surface area contributed by atoms with Gasteiger partial charge in [0.25, 0.3) is 0 Å². The lowest BCUT2D eigenvalue weighted by Crippen LogP contribution is -2.57. The van der Waals surface area contributed by atoms with E-state index in [-0.39, 0.29) is 0 Å². The van der Waals surface area contributed by atoms with E-state index >= 15 is 0 Å². The molecule has 0 aromatic carbocycles. The van der Waals surface area contributed by atoms with E-state index < -0.39 is 5.39 Å². The zero-order valence-electron chi connectivity index (χ0n) is 10.1. The van der Waals surface area contributed by atoms with E-state index in [1.165, 1.54) is 0 Å². The van der Waals surface area contributed by atoms with Crippen LogP contribution in [0.2, 0.25) is 0 Å². The maximum Gasteiger partial charge on any atom is 0.0896 e. The number of thiocarbonyl (C=S) groups is 1. The van der Waals surface area contributed by atoms with Crippen molar-refractivity contribution in [2.45, 2.75) is 19.9 Å². The summed E-state index contributed by atoms with van der Waals surface area (Å²) in [6, 6.07) is 0.583. The zero-order chi connectivity index (χ0) is 12.6. The third-order valence-electron chi connectivity index (χ3n) is 1.27. The minimum atomic E-state index is -1.70. The predicted molar refractivity (Wildman–Crippen MR) is 79.9 cm³/mol. The maximum absolute atomic E-state index is 5.14. The van der Waals surface area contributed by atoms with E-state index in [0.717, 1.165) is 4.99 Å². The Labute approximate surface area is 109 Å². The van der Waals surface area contributed by atoms with Crippen molar-refractivity contribution in [1.29, 1.82) is 0 Å². The summed E-state index contributed by atoms with van der Waals surface area (Å²) in [6.07, 6.45) is 0. The molecule has 3 nitrogen and oxygen atoms in total. The molecule has 1 unspecified atom stereocenters. The molecule has 4 N–H and O–H groups in total. The molecule has 0 rings (SSSR count). The van der Waals surface area contributed by atoms with Gasteiger partial charge in [0.1, 0.15) is 0 Å². The van der Waals surface area contributed by atoms with E-state index in [1.54, 1.807) is 7.05 Å². The normalized spacial score (nSPS) is 14.2. The highest BCUT2D eigenvalue weighted by Gasteiger charge is 2.03. The lowest BCUT2D eigenvalue weighted by Gasteiger charge is -2.34. The Balaban J connectivity index is 0. The van der Waals surface area contributed by atoms with E-state index in [9.17, 15) is 0 Å². The van der Waals surface area contributed by atoms with Gasteiger partial charge in [-0.25, -0.2) is 0 Å². The van der Waals surface area contributed by atoms with Gasteiger partial charge in [-0.15, -0.1) is 17.2 Å². The third kappa shape index (κ3) is 14.8. The molecule has 0 heterocycles. The Hall–Kier alpha value is 0.810. The van der Waals surface area contributed by atoms with Gasteiger partial charge in [-0.1, -0.05) is 12.2 Å². The van der Waals surface area contributed by atoms with Crippen molar-refractivity contribution in [3.63, 3.8) is 0 Å². The smallest absolute Gasteiger partial charge is 0.0896 e. The Morgan fingerprint density at radius 3 is 2.13 bits per heavy atom. The number of quaternary nitrogens is 1. The Morgan fingerprint density at radius 1 is 1.60 bits per heavy atom. The lowest BCUT2D eigenvalue weighted by molar-refractivity contribution is -0.407. The number of hydrogen-bond donors (Lipinski definition) is 2. The summed E-state index contributed by atoms with van der Waals surface area (Å²) in [7, 11) is 3.72. The molecule has 0 amide bonds. The molecule has 0 aliphatic heterocycles. The van der Waals surface area contributed by atoms with Crippen LogP contribution in [0, 0.1) is 0 Å². The maximum atomic E-state index is 5.14. The highest BCUT2D eigenvalue weighted by atomic mass is 32.9. The second-order valence-corrected chi connectivity index (χ2v) is 11.4. The minimum Gasteiger partial charge on any atom is -0.732 e. The Kier molecular flexibility index (Phi) is 10.8. The SMILES string of the molecule is CC(C)[NH3+].CNC(=S)CN(C)P(C)(=S)[S-]. The van der Waals surface area contributed by atoms with Crippen LogP contribution in [0.15, 0.2) is 0 Å². The van der Waals surface area contributed by atoms with Crippen LogP contribution in [0.25, 0.3) is 0 Å². The fourth-order valence-corrected chi connectivity index (χ4v) is 1.45. The average Bonchev–Trinajstić information content (AvgIpc) is 2.01. The number of hydrogen-bond acceptors (Lipinski definition) is 3. The summed E-state index contributed by atoms with van der Waals surface area (Å²) in [5, 5.41) is 1.18. The minimum absolute atomic E-state index is 0.583. The molecular weight excluding hydrogens is 265 g/mol. The molecule has 0 aromatic heterocycles. The van der Waals surface area contributed by atoms with Crippen molar-refractivity contribution in [3.05, 3.63) is 0 Å². The summed E-state index contributed by atoms with van der Waals surface area (Å²) in [5.41, 5.74) is 3.64. The van der Waals surface area contributed by atoms with Crippen LogP contribution in [0.1, 0.15) is 13.8 Å². The third-order valence-corrected chi connectivity index (χ3v) is 4.66. The summed E-state index contributed by atoms with van der Waals surface area (Å²) >= 11 is 15.2. The first-order valence-electron chi connectivity index (χ1n) is 4.65. The van der Waals surface area contributed by atoms with Crippen LogP contribution in [0.3, 0.4) is 0 Å². The highest BCUT2D eigenvalue weighted by molar-refractivity contribution is 8.54. The van der Waals surface area contributed by atoms with Crippen LogP contribution in [-0.2, 0) is 24.1 Å². The molecule has 0 fully saturated rings. The Morgan fingerprint density at radius 2 is 1.93 bits per heavy atom. The van der Waals surface area contributed by atoms with E-state index in [2.05, 4.69) is 24.9 Å². The summed E-state index contributed by atoms with van der Waals surface area (Å²) in [5.74, 6) is 0. The largest absolute Gasteiger partial charge is 0.732 e. The molecule has 0 saturated heterocycles. The van der Waals surface area contributed by atoms with Gasteiger partial charge in [0, 0.05) is 7.05 Å². The molecule has 15 heavy (non-hydrogen) atoms. The molecule has 0 aliphatic carbocycles. The topological polar surface area (TPSA) is 42.9 Å². The molecule has 0 radical (unpaired) electrons. The van der Waals surface area contributed by atoms with E-state index in [0.29, 0.717) is 12.6 Å². The summed E-state index contributed by atoms with van der Waals surface area (Å²) in [4.78, 5) is 0.786. The van der Waals surface area contributed by atoms with Crippen molar-refractivity contribution in [2.24, 2.45) is 0 Å². The number of likely N-dealkylation sites (N-methyl/N-ethyl adjacent to an activating group) is 2. The molecule has 1 atom stereocenters. The van der Waals surface area contributed by atoms with Gasteiger partial charge in [0.2, 0.25) is 0 Å². The molecule has 7 heteroatoms. The Bertz CT molecular complexity index is 224. The van der Waals surface area contributed by atoms with Crippen LogP contribution < -0.4 is 11.1 Å². The second-order valence-electron chi connectivity index (χ2n) is 3.69. The van der Waals surface area contributed by atoms with Gasteiger partial charge in [0.05, 0.1) is 17.6 Å². The quantitative estimate of drug-likeness (QED) is 0.452. The molecule has 0 spiro atoms. The molecular formula is C8H22N3PS3. The first-order valence-corrected chi connectivity index (χ1v) is 9.27. The van der Waals surface area contributed by atoms with Crippen LogP contribution >= 0.6 is 17.6 Å². The van der Waals surface area contributed by atoms with Gasteiger partial charge < -0.3 is 23.3 Å². The first kappa shape index (κ1) is 18.2. The van der Waals surface area contributed by atoms with E-state index in [1.807, 2.05) is 18.4 Å². The fraction of sp³-hybridized carbons (Fsp3) is 0.875. The number of nitrogens with zero attached hydrogens (tertiary/aromatic N) is 1. The van der Waals surface area contributed by atoms with Crippen LogP contribution in [0.4, 0.5) is 0 Å². The van der Waals surface area contributed by atoms with Gasteiger partial charge in [0.15, 0.2) is 0 Å². The van der Waals surface area contributed by atoms with E-state index in [4.69, 9.17) is 36.3 Å². The monoisotopic (exact) mass is 287 g/mol. The van der Waals surface area contributed by atoms with Crippen LogP contribution in [-0.4, -0.2) is 43.0 Å². The molecule has 0 saturated carbocycles. The molecule has 0 bridgehead atoms. The van der Waals surface area contributed by atoms with Gasteiger partial charge in [-0.05, 0) is 27.6 Å². The number of rotatable bonds is 3. The number of nitrogens with one attached hydrogen (secondary N) is 1. The lowest BCUT2D eigenvalue weighted by atomic mass is 10.5. The summed E-state index contributed by atoms with van der Waals surface area (Å²) < 4.78 is 1.95. The second kappa shape index (κ2) is 8.90. The van der Waals surface area contributed by atoms with Crippen molar-refractivity contribution in [1.82, 2.24) is 9.99 Å². The van der Waals surface area contributed by atoms with Gasteiger partial charge in [-0.2, -0.15) is 0 Å². The van der Waals surface area contributed by atoms with Crippen molar-refractivity contribution in [2.75, 3.05) is 27.3 Å².